The van der Waals surface area contributed by atoms with Gasteiger partial charge in [-0.15, -0.1) is 11.3 Å². The maximum atomic E-state index is 12.9. The zero-order valence-electron chi connectivity index (χ0n) is 16.9. The van der Waals surface area contributed by atoms with Crippen molar-refractivity contribution in [2.45, 2.75) is 82.2 Å². The normalized spacial score (nSPS) is 25.1. The molecule has 0 radical (unpaired) electrons. The number of hydrogen-bond donors (Lipinski definition) is 0. The van der Waals surface area contributed by atoms with E-state index in [0.29, 0.717) is 17.7 Å². The van der Waals surface area contributed by atoms with E-state index in [1.807, 2.05) is 11.3 Å². The summed E-state index contributed by atoms with van der Waals surface area (Å²) in [6.45, 7) is 5.45. The largest absolute Gasteiger partial charge is 0.339 e. The van der Waals surface area contributed by atoms with Crippen LogP contribution in [-0.4, -0.2) is 39.1 Å². The van der Waals surface area contributed by atoms with Crippen LogP contribution >= 0.6 is 23.1 Å². The third-order valence-electron chi connectivity index (χ3n) is 6.54. The molecular formula is C22H29N3OS2. The minimum atomic E-state index is 0.273. The molecule has 0 bridgehead atoms. The van der Waals surface area contributed by atoms with Gasteiger partial charge in [-0.3, -0.25) is 4.79 Å². The van der Waals surface area contributed by atoms with Gasteiger partial charge in [-0.2, -0.15) is 0 Å². The van der Waals surface area contributed by atoms with Crippen LogP contribution in [0.5, 0.6) is 0 Å². The number of piperidine rings is 1. The molecule has 3 aliphatic rings. The summed E-state index contributed by atoms with van der Waals surface area (Å²) >= 11 is 3.54. The number of fused-ring (bicyclic) bond motifs is 3. The van der Waals surface area contributed by atoms with Crippen molar-refractivity contribution < 1.29 is 4.79 Å². The predicted octanol–water partition coefficient (Wildman–Crippen LogP) is 5.19. The van der Waals surface area contributed by atoms with Gasteiger partial charge in [0, 0.05) is 28.8 Å². The number of hydrogen-bond acceptors (Lipinski definition) is 5. The molecule has 1 saturated carbocycles. The van der Waals surface area contributed by atoms with Crippen molar-refractivity contribution in [3.63, 3.8) is 0 Å². The van der Waals surface area contributed by atoms with Gasteiger partial charge in [0.2, 0.25) is 5.91 Å². The maximum absolute atomic E-state index is 12.9. The van der Waals surface area contributed by atoms with Gasteiger partial charge in [-0.25, -0.2) is 9.97 Å². The molecule has 2 aromatic rings. The van der Waals surface area contributed by atoms with E-state index in [4.69, 9.17) is 9.97 Å². The molecule has 2 atom stereocenters. The molecule has 0 aromatic carbocycles. The Kier molecular flexibility index (Phi) is 5.12. The Labute approximate surface area is 175 Å². The molecule has 1 saturated heterocycles. The predicted molar refractivity (Wildman–Crippen MR) is 116 cm³/mol. The number of likely N-dealkylation sites (tertiary alicyclic amines) is 1. The zero-order chi connectivity index (χ0) is 19.3. The second-order valence-corrected chi connectivity index (χ2v) is 11.0. The van der Waals surface area contributed by atoms with Crippen molar-refractivity contribution >= 4 is 39.2 Å². The van der Waals surface area contributed by atoms with Crippen LogP contribution in [0.3, 0.4) is 0 Å². The van der Waals surface area contributed by atoms with Gasteiger partial charge in [-0.05, 0) is 69.8 Å². The molecule has 0 spiro atoms. The molecule has 150 valence electrons. The first-order valence-electron chi connectivity index (χ1n) is 10.8. The molecule has 4 nitrogen and oxygen atoms in total. The molecule has 2 fully saturated rings. The Morgan fingerprint density at radius 1 is 1.18 bits per heavy atom. The number of thioether (sulfide) groups is 1. The lowest BCUT2D eigenvalue weighted by Crippen LogP contribution is -2.42. The Hall–Kier alpha value is -1.14. The Morgan fingerprint density at radius 2 is 2.04 bits per heavy atom. The van der Waals surface area contributed by atoms with Gasteiger partial charge in [-0.1, -0.05) is 18.7 Å². The molecular weight excluding hydrogens is 386 g/mol. The molecule has 1 amide bonds. The molecule has 2 aliphatic carbocycles. The second-order valence-electron chi connectivity index (χ2n) is 8.91. The number of rotatable bonds is 4. The van der Waals surface area contributed by atoms with Gasteiger partial charge < -0.3 is 4.90 Å². The van der Waals surface area contributed by atoms with Crippen LogP contribution in [0.1, 0.15) is 74.6 Å². The Balaban J connectivity index is 1.44. The van der Waals surface area contributed by atoms with Crippen molar-refractivity contribution in [2.24, 2.45) is 5.92 Å². The average Bonchev–Trinajstić information content (AvgIpc) is 3.47. The third-order valence-corrected chi connectivity index (χ3v) is 8.65. The number of carbonyl (C=O) groups is 1. The van der Waals surface area contributed by atoms with Gasteiger partial charge in [0.25, 0.3) is 0 Å². The molecule has 6 heteroatoms. The second kappa shape index (κ2) is 7.60. The molecule has 2 aromatic heterocycles. The number of carbonyl (C=O) groups excluding carboxylic acids is 1. The number of thiophene rings is 1. The van der Waals surface area contributed by atoms with Crippen LogP contribution in [-0.2, 0) is 17.6 Å². The summed E-state index contributed by atoms with van der Waals surface area (Å²) < 4.78 is 0. The van der Waals surface area contributed by atoms with Crippen molar-refractivity contribution in [3.05, 3.63) is 16.3 Å². The lowest BCUT2D eigenvalue weighted by atomic mass is 9.89. The van der Waals surface area contributed by atoms with Gasteiger partial charge in [0.05, 0.1) is 5.75 Å². The van der Waals surface area contributed by atoms with E-state index in [9.17, 15) is 4.79 Å². The highest BCUT2D eigenvalue weighted by Gasteiger charge is 2.31. The van der Waals surface area contributed by atoms with Gasteiger partial charge >= 0.3 is 0 Å². The quantitative estimate of drug-likeness (QED) is 0.509. The minimum absolute atomic E-state index is 0.273. The fourth-order valence-corrected chi connectivity index (χ4v) is 7.04. The smallest absolute Gasteiger partial charge is 0.233 e. The van der Waals surface area contributed by atoms with Crippen molar-refractivity contribution in [2.75, 3.05) is 12.3 Å². The summed E-state index contributed by atoms with van der Waals surface area (Å²) in [6.07, 6.45) is 9.49. The van der Waals surface area contributed by atoms with E-state index in [0.717, 1.165) is 47.4 Å². The minimum Gasteiger partial charge on any atom is -0.339 e. The summed E-state index contributed by atoms with van der Waals surface area (Å²) in [5.74, 6) is 3.09. The fraction of sp³-hybridized carbons (Fsp3) is 0.682. The molecule has 0 unspecified atom stereocenters. The first-order valence-corrected chi connectivity index (χ1v) is 12.6. The van der Waals surface area contributed by atoms with Crippen LogP contribution in [0, 0.1) is 5.92 Å². The lowest BCUT2D eigenvalue weighted by molar-refractivity contribution is -0.131. The average molecular weight is 416 g/mol. The summed E-state index contributed by atoms with van der Waals surface area (Å²) in [5.41, 5.74) is 1.47. The van der Waals surface area contributed by atoms with E-state index in [1.165, 1.54) is 47.9 Å². The molecule has 0 N–H and O–H groups in total. The summed E-state index contributed by atoms with van der Waals surface area (Å²) in [4.78, 5) is 27.6. The summed E-state index contributed by atoms with van der Waals surface area (Å²) in [5, 5.41) is 2.33. The van der Waals surface area contributed by atoms with Gasteiger partial charge in [0.1, 0.15) is 15.7 Å². The topological polar surface area (TPSA) is 46.1 Å². The van der Waals surface area contributed by atoms with E-state index >= 15 is 0 Å². The van der Waals surface area contributed by atoms with Crippen LogP contribution in [0.25, 0.3) is 10.2 Å². The highest BCUT2D eigenvalue weighted by Crippen LogP contribution is 2.44. The van der Waals surface area contributed by atoms with Gasteiger partial charge in [0.15, 0.2) is 0 Å². The fourth-order valence-electron chi connectivity index (χ4n) is 4.63. The van der Waals surface area contributed by atoms with E-state index in [1.54, 1.807) is 11.8 Å². The number of amides is 1. The standard InChI is InChI=1S/C22H29N3OS2/c1-13-6-9-16-17(11-13)28-22-19(16)21(23-20(24-22)15-7-8-15)27-12-18(26)25-10-4-3-5-14(25)2/h13-15H,3-12H2,1-2H3/t13-,14+/m1/s1. The highest BCUT2D eigenvalue weighted by molar-refractivity contribution is 8.00. The van der Waals surface area contributed by atoms with E-state index in [-0.39, 0.29) is 5.91 Å². The molecule has 5 rings (SSSR count). The molecule has 3 heterocycles. The zero-order valence-corrected chi connectivity index (χ0v) is 18.5. The maximum Gasteiger partial charge on any atom is 0.233 e. The van der Waals surface area contributed by atoms with E-state index in [2.05, 4.69) is 18.7 Å². The van der Waals surface area contributed by atoms with Crippen LogP contribution < -0.4 is 0 Å². The first-order chi connectivity index (χ1) is 13.6. The Bertz CT molecular complexity index is 905. The van der Waals surface area contributed by atoms with E-state index < -0.39 is 0 Å². The summed E-state index contributed by atoms with van der Waals surface area (Å²) in [7, 11) is 0. The summed E-state index contributed by atoms with van der Waals surface area (Å²) in [6, 6.07) is 0.379. The van der Waals surface area contributed by atoms with Crippen molar-refractivity contribution in [1.29, 1.82) is 0 Å². The SMILES string of the molecule is C[C@@H]1CCc2c(sc3nc(C4CC4)nc(SCC(=O)N4CCCC[C@@H]4C)c23)C1. The molecule has 1 aliphatic heterocycles. The van der Waals surface area contributed by atoms with Crippen molar-refractivity contribution in [3.8, 4) is 0 Å². The third kappa shape index (κ3) is 3.58. The van der Waals surface area contributed by atoms with Crippen LogP contribution in [0.2, 0.25) is 0 Å². The monoisotopic (exact) mass is 415 g/mol. The van der Waals surface area contributed by atoms with Crippen molar-refractivity contribution in [1.82, 2.24) is 14.9 Å². The number of aromatic nitrogens is 2. The first kappa shape index (κ1) is 18.9. The van der Waals surface area contributed by atoms with Crippen LogP contribution in [0.4, 0.5) is 0 Å². The highest BCUT2D eigenvalue weighted by atomic mass is 32.2. The number of aryl methyl sites for hydroxylation is 1. The molecule has 28 heavy (non-hydrogen) atoms. The van der Waals surface area contributed by atoms with Crippen LogP contribution in [0.15, 0.2) is 5.03 Å². The lowest BCUT2D eigenvalue weighted by Gasteiger charge is -2.33. The number of nitrogens with zero attached hydrogens (tertiary/aromatic N) is 3. The Morgan fingerprint density at radius 3 is 2.82 bits per heavy atom.